The lowest BCUT2D eigenvalue weighted by molar-refractivity contribution is -0.120. The van der Waals surface area contributed by atoms with Crippen LogP contribution in [0.5, 0.6) is 11.5 Å². The molecule has 146 valence electrons. The van der Waals surface area contributed by atoms with Crippen LogP contribution in [0, 0.1) is 0 Å². The average Bonchev–Trinajstić information content (AvgIpc) is 2.93. The van der Waals surface area contributed by atoms with E-state index in [4.69, 9.17) is 9.47 Å². The van der Waals surface area contributed by atoms with E-state index in [0.29, 0.717) is 11.5 Å². The first-order valence-corrected chi connectivity index (χ1v) is 10.4. The number of methoxy groups -OCH3 is 2. The molecule has 1 amide bonds. The van der Waals surface area contributed by atoms with Crippen LogP contribution in [-0.4, -0.2) is 56.5 Å². The van der Waals surface area contributed by atoms with Crippen LogP contribution in [0.4, 0.5) is 0 Å². The molecule has 6 heteroatoms. The standard InChI is InChI=1S/C20H32N2O3S/c1-16(26-17-9-10-18(24-2)19(15-17)25-3)20(23)21-11-8-14-22-12-6-4-5-7-13-22/h9-10,15-16H,4-8,11-14H2,1-3H3,(H,21,23)/t16-/m1/s1. The lowest BCUT2D eigenvalue weighted by Crippen LogP contribution is -2.34. The number of carbonyl (C=O) groups excluding carboxylic acids is 1. The Hall–Kier alpha value is -1.40. The zero-order valence-corrected chi connectivity index (χ0v) is 17.1. The molecule has 0 radical (unpaired) electrons. The average molecular weight is 381 g/mol. The van der Waals surface area contributed by atoms with Gasteiger partial charge in [-0.25, -0.2) is 0 Å². The summed E-state index contributed by atoms with van der Waals surface area (Å²) in [4.78, 5) is 15.9. The zero-order valence-electron chi connectivity index (χ0n) is 16.3. The topological polar surface area (TPSA) is 50.8 Å². The Morgan fingerprint density at radius 3 is 2.50 bits per heavy atom. The lowest BCUT2D eigenvalue weighted by atomic mass is 10.2. The summed E-state index contributed by atoms with van der Waals surface area (Å²) in [6.45, 7) is 6.17. The van der Waals surface area contributed by atoms with E-state index in [-0.39, 0.29) is 11.2 Å². The van der Waals surface area contributed by atoms with Crippen molar-refractivity contribution in [2.45, 2.75) is 49.2 Å². The molecule has 1 aliphatic rings. The van der Waals surface area contributed by atoms with Crippen LogP contribution in [0.25, 0.3) is 0 Å². The third-order valence-electron chi connectivity index (χ3n) is 4.69. The highest BCUT2D eigenvalue weighted by Crippen LogP contribution is 2.33. The Kier molecular flexibility index (Phi) is 9.12. The quantitative estimate of drug-likeness (QED) is 0.524. The number of nitrogens with one attached hydrogen (secondary N) is 1. The largest absolute Gasteiger partial charge is 0.493 e. The van der Waals surface area contributed by atoms with E-state index in [1.165, 1.54) is 50.5 Å². The molecular formula is C20H32N2O3S. The van der Waals surface area contributed by atoms with Crippen LogP contribution >= 0.6 is 11.8 Å². The van der Waals surface area contributed by atoms with E-state index in [1.54, 1.807) is 14.2 Å². The number of hydrogen-bond acceptors (Lipinski definition) is 5. The molecule has 5 nitrogen and oxygen atoms in total. The van der Waals surface area contributed by atoms with Crippen molar-refractivity contribution in [1.82, 2.24) is 10.2 Å². The monoisotopic (exact) mass is 380 g/mol. The van der Waals surface area contributed by atoms with Crippen molar-refractivity contribution < 1.29 is 14.3 Å². The van der Waals surface area contributed by atoms with Gasteiger partial charge in [0.1, 0.15) is 0 Å². The van der Waals surface area contributed by atoms with E-state index >= 15 is 0 Å². The van der Waals surface area contributed by atoms with Gasteiger partial charge in [0.25, 0.3) is 0 Å². The Labute approximate surface area is 161 Å². The molecule has 0 bridgehead atoms. The number of ether oxygens (including phenoxy) is 2. The molecule has 0 spiro atoms. The van der Waals surface area contributed by atoms with Crippen LogP contribution in [-0.2, 0) is 4.79 Å². The summed E-state index contributed by atoms with van der Waals surface area (Å²) in [5.74, 6) is 1.46. The Morgan fingerprint density at radius 2 is 1.85 bits per heavy atom. The summed E-state index contributed by atoms with van der Waals surface area (Å²) >= 11 is 1.53. The minimum absolute atomic E-state index is 0.0839. The van der Waals surface area contributed by atoms with Gasteiger partial charge in [0.05, 0.1) is 19.5 Å². The van der Waals surface area contributed by atoms with Crippen LogP contribution in [0.1, 0.15) is 39.0 Å². The van der Waals surface area contributed by atoms with Crippen molar-refractivity contribution in [3.63, 3.8) is 0 Å². The van der Waals surface area contributed by atoms with Gasteiger partial charge in [-0.3, -0.25) is 4.79 Å². The van der Waals surface area contributed by atoms with E-state index in [0.717, 1.165) is 24.4 Å². The van der Waals surface area contributed by atoms with Crippen molar-refractivity contribution in [1.29, 1.82) is 0 Å². The van der Waals surface area contributed by atoms with E-state index in [2.05, 4.69) is 10.2 Å². The summed E-state index contributed by atoms with van der Waals surface area (Å²) in [5.41, 5.74) is 0. The molecule has 26 heavy (non-hydrogen) atoms. The number of benzene rings is 1. The van der Waals surface area contributed by atoms with Crippen molar-refractivity contribution >= 4 is 17.7 Å². The number of carbonyl (C=O) groups is 1. The Balaban J connectivity index is 1.71. The van der Waals surface area contributed by atoms with E-state index in [1.807, 2.05) is 25.1 Å². The van der Waals surface area contributed by atoms with Crippen molar-refractivity contribution in [3.05, 3.63) is 18.2 Å². The second-order valence-corrected chi connectivity index (χ2v) is 8.09. The summed E-state index contributed by atoms with van der Waals surface area (Å²) in [6, 6.07) is 5.73. The molecule has 1 aliphatic heterocycles. The van der Waals surface area contributed by atoms with Crippen LogP contribution in [0.2, 0.25) is 0 Å². The minimum Gasteiger partial charge on any atom is -0.493 e. The molecule has 1 aromatic rings. The summed E-state index contributed by atoms with van der Waals surface area (Å²) in [7, 11) is 3.24. The van der Waals surface area contributed by atoms with Gasteiger partial charge in [-0.05, 0) is 64.0 Å². The van der Waals surface area contributed by atoms with Crippen LogP contribution < -0.4 is 14.8 Å². The van der Waals surface area contributed by atoms with E-state index in [9.17, 15) is 4.79 Å². The van der Waals surface area contributed by atoms with Crippen LogP contribution in [0.3, 0.4) is 0 Å². The molecule has 0 saturated carbocycles. The first-order chi connectivity index (χ1) is 12.6. The highest BCUT2D eigenvalue weighted by atomic mass is 32.2. The second kappa shape index (κ2) is 11.3. The molecule has 2 rings (SSSR count). The fourth-order valence-electron chi connectivity index (χ4n) is 3.17. The molecule has 1 heterocycles. The highest BCUT2D eigenvalue weighted by molar-refractivity contribution is 8.00. The summed E-state index contributed by atoms with van der Waals surface area (Å²) < 4.78 is 10.6. The number of amides is 1. The number of rotatable bonds is 9. The predicted octanol–water partition coefficient (Wildman–Crippen LogP) is 3.57. The molecule has 1 aromatic carbocycles. The van der Waals surface area contributed by atoms with Gasteiger partial charge < -0.3 is 19.7 Å². The lowest BCUT2D eigenvalue weighted by Gasteiger charge is -2.20. The van der Waals surface area contributed by atoms with Gasteiger partial charge >= 0.3 is 0 Å². The number of thioether (sulfide) groups is 1. The SMILES string of the molecule is COc1ccc(S[C@H](C)C(=O)NCCCN2CCCCCC2)cc1OC. The molecule has 0 aliphatic carbocycles. The minimum atomic E-state index is -0.147. The van der Waals surface area contributed by atoms with Crippen molar-refractivity contribution in [3.8, 4) is 11.5 Å². The van der Waals surface area contributed by atoms with Crippen LogP contribution in [0.15, 0.2) is 23.1 Å². The molecule has 0 aromatic heterocycles. The normalized spacial score (nSPS) is 16.6. The maximum atomic E-state index is 12.3. The second-order valence-electron chi connectivity index (χ2n) is 6.68. The summed E-state index contributed by atoms with van der Waals surface area (Å²) in [6.07, 6.45) is 6.35. The first-order valence-electron chi connectivity index (χ1n) is 9.52. The maximum absolute atomic E-state index is 12.3. The molecule has 1 fully saturated rings. The third-order valence-corrected chi connectivity index (χ3v) is 5.78. The van der Waals surface area contributed by atoms with Gasteiger partial charge in [-0.1, -0.05) is 12.8 Å². The molecular weight excluding hydrogens is 348 g/mol. The molecule has 1 atom stereocenters. The molecule has 1 N–H and O–H groups in total. The number of nitrogens with zero attached hydrogens (tertiary/aromatic N) is 1. The predicted molar refractivity (Wildman–Crippen MR) is 107 cm³/mol. The third kappa shape index (κ3) is 6.72. The van der Waals surface area contributed by atoms with Crippen molar-refractivity contribution in [2.24, 2.45) is 0 Å². The van der Waals surface area contributed by atoms with Gasteiger partial charge in [0.2, 0.25) is 5.91 Å². The van der Waals surface area contributed by atoms with Gasteiger partial charge in [-0.2, -0.15) is 0 Å². The Bertz CT molecular complexity index is 560. The van der Waals surface area contributed by atoms with E-state index < -0.39 is 0 Å². The number of likely N-dealkylation sites (tertiary alicyclic amines) is 1. The smallest absolute Gasteiger partial charge is 0.233 e. The Morgan fingerprint density at radius 1 is 1.15 bits per heavy atom. The van der Waals surface area contributed by atoms with Gasteiger partial charge in [0.15, 0.2) is 11.5 Å². The summed E-state index contributed by atoms with van der Waals surface area (Å²) in [5, 5.41) is 2.92. The highest BCUT2D eigenvalue weighted by Gasteiger charge is 2.15. The van der Waals surface area contributed by atoms with Gasteiger partial charge in [-0.15, -0.1) is 11.8 Å². The molecule has 0 unspecified atom stereocenters. The first kappa shape index (κ1) is 20.9. The zero-order chi connectivity index (χ0) is 18.8. The van der Waals surface area contributed by atoms with Crippen molar-refractivity contribution in [2.75, 3.05) is 40.4 Å². The van der Waals surface area contributed by atoms with Gasteiger partial charge in [0, 0.05) is 11.4 Å². The maximum Gasteiger partial charge on any atom is 0.233 e. The fourth-order valence-corrected chi connectivity index (χ4v) is 4.09. The number of hydrogen-bond donors (Lipinski definition) is 1. The molecule has 1 saturated heterocycles. The fraction of sp³-hybridized carbons (Fsp3) is 0.650.